The third-order valence-electron chi connectivity index (χ3n) is 7.68. The van der Waals surface area contributed by atoms with E-state index in [1.165, 1.54) is 24.4 Å². The Balaban J connectivity index is 1.65. The van der Waals surface area contributed by atoms with Gasteiger partial charge in [0.1, 0.15) is 6.61 Å². The summed E-state index contributed by atoms with van der Waals surface area (Å²) in [5.41, 5.74) is 4.18. The molecular weight excluding hydrogens is 604 g/mol. The quantitative estimate of drug-likeness (QED) is 0.304. The van der Waals surface area contributed by atoms with Crippen LogP contribution in [0.5, 0.6) is 5.88 Å². The van der Waals surface area contributed by atoms with E-state index >= 15 is 0 Å². The Hall–Kier alpha value is -4.84. The molecule has 4 aromatic rings. The molecule has 2 aromatic carbocycles. The summed E-state index contributed by atoms with van der Waals surface area (Å²) in [6.45, 7) is 10.3. The van der Waals surface area contributed by atoms with Crippen molar-refractivity contribution in [1.82, 2.24) is 25.2 Å². The van der Waals surface area contributed by atoms with Gasteiger partial charge in [-0.15, -0.1) is 0 Å². The molecule has 1 aliphatic rings. The molecule has 12 heteroatoms. The summed E-state index contributed by atoms with van der Waals surface area (Å²) in [4.78, 5) is 41.4. The van der Waals surface area contributed by atoms with Gasteiger partial charge in [0.2, 0.25) is 11.8 Å². The van der Waals surface area contributed by atoms with Gasteiger partial charge in [-0.1, -0.05) is 45.0 Å². The van der Waals surface area contributed by atoms with Gasteiger partial charge in [-0.05, 0) is 67.1 Å². The van der Waals surface area contributed by atoms with Crippen molar-refractivity contribution in [2.75, 3.05) is 18.4 Å². The van der Waals surface area contributed by atoms with Crippen LogP contribution >= 0.6 is 0 Å². The van der Waals surface area contributed by atoms with Crippen LogP contribution in [0.2, 0.25) is 0 Å². The molecule has 2 amide bonds. The number of carbonyl (C=O) groups is 2. The number of aromatic nitrogens is 3. The van der Waals surface area contributed by atoms with E-state index < -0.39 is 16.1 Å². The van der Waals surface area contributed by atoms with Crippen molar-refractivity contribution in [3.05, 3.63) is 94.8 Å². The number of hydrogen-bond acceptors (Lipinski definition) is 8. The smallest absolute Gasteiger partial charge is 0.264 e. The topological polar surface area (TPSA) is 143 Å². The third-order valence-corrected chi connectivity index (χ3v) is 9.00. The van der Waals surface area contributed by atoms with Gasteiger partial charge in [-0.2, -0.15) is 4.98 Å². The largest absolute Gasteiger partial charge is 0.475 e. The molecule has 0 unspecified atom stereocenters. The minimum atomic E-state index is -4.19. The van der Waals surface area contributed by atoms with Gasteiger partial charge >= 0.3 is 0 Å². The summed E-state index contributed by atoms with van der Waals surface area (Å²) in [6.07, 6.45) is 2.01. The fourth-order valence-corrected chi connectivity index (χ4v) is 6.51. The molecule has 4 bridgehead atoms. The maximum Gasteiger partial charge on any atom is 0.264 e. The van der Waals surface area contributed by atoms with Crippen LogP contribution in [-0.4, -0.2) is 59.8 Å². The predicted molar refractivity (Wildman–Crippen MR) is 175 cm³/mol. The lowest BCUT2D eigenvalue weighted by atomic mass is 9.87. The molecule has 1 atom stereocenters. The number of aryl methyl sites for hydroxylation is 2. The van der Waals surface area contributed by atoms with E-state index in [4.69, 9.17) is 4.74 Å². The molecule has 2 N–H and O–H groups in total. The average molecular weight is 643 g/mol. The zero-order valence-corrected chi connectivity index (χ0v) is 27.6. The number of carbonyl (C=O) groups excluding carboxylic acids is 2. The van der Waals surface area contributed by atoms with Gasteiger partial charge < -0.3 is 15.0 Å². The van der Waals surface area contributed by atoms with Crippen LogP contribution in [-0.2, 0) is 16.6 Å². The van der Waals surface area contributed by atoms with Crippen LogP contribution in [0, 0.1) is 19.3 Å². The maximum absolute atomic E-state index is 14.3. The summed E-state index contributed by atoms with van der Waals surface area (Å²) in [6, 6.07) is 16.3. The zero-order valence-electron chi connectivity index (χ0n) is 26.8. The lowest BCUT2D eigenvalue weighted by Crippen LogP contribution is -2.45. The molecule has 46 heavy (non-hydrogen) atoms. The Kier molecular flexibility index (Phi) is 9.11. The summed E-state index contributed by atoms with van der Waals surface area (Å²) in [7, 11) is -2.64. The van der Waals surface area contributed by atoms with Crippen molar-refractivity contribution in [2.45, 2.75) is 58.5 Å². The second-order valence-corrected chi connectivity index (χ2v) is 14.3. The maximum atomic E-state index is 14.3. The van der Waals surface area contributed by atoms with E-state index in [1.807, 2.05) is 32.0 Å². The molecule has 0 radical (unpaired) electrons. The number of hydrogen-bond donors (Lipinski definition) is 2. The van der Waals surface area contributed by atoms with Gasteiger partial charge in [0, 0.05) is 30.4 Å². The Morgan fingerprint density at radius 1 is 1.04 bits per heavy atom. The number of nitrogens with zero attached hydrogens (tertiary/aromatic N) is 4. The predicted octanol–water partition coefficient (Wildman–Crippen LogP) is 5.16. The van der Waals surface area contributed by atoms with E-state index in [0.717, 1.165) is 16.7 Å². The molecule has 11 nitrogen and oxygen atoms in total. The number of anilines is 1. The van der Waals surface area contributed by atoms with Crippen molar-refractivity contribution < 1.29 is 22.7 Å². The first kappa shape index (κ1) is 32.6. The summed E-state index contributed by atoms with van der Waals surface area (Å²) in [5, 5.41) is 2.57. The summed E-state index contributed by atoms with van der Waals surface area (Å²) in [5.74, 6) is -0.639. The molecule has 0 saturated heterocycles. The molecule has 0 aliphatic carbocycles. The first-order chi connectivity index (χ1) is 21.7. The van der Waals surface area contributed by atoms with Crippen LogP contribution in [0.3, 0.4) is 0 Å². The SMILES string of the molecule is CNC(=O)c1ccc(CN2C(=O)c3cccc(c3)S(=O)(=O)Nc3nc(cc(-c4c(C)cccc4C)n3)OC[C@H]2CC(C)(C)C)nc1. The lowest BCUT2D eigenvalue weighted by molar-refractivity contribution is 0.0509. The normalized spacial score (nSPS) is 16.3. The zero-order chi connectivity index (χ0) is 33.2. The van der Waals surface area contributed by atoms with Gasteiger partial charge in [0.05, 0.1) is 34.4 Å². The summed E-state index contributed by atoms with van der Waals surface area (Å²) >= 11 is 0. The van der Waals surface area contributed by atoms with Crippen molar-refractivity contribution in [3.63, 3.8) is 0 Å². The molecule has 0 spiro atoms. The average Bonchev–Trinajstić information content (AvgIpc) is 3.00. The van der Waals surface area contributed by atoms with Crippen molar-refractivity contribution >= 4 is 27.8 Å². The van der Waals surface area contributed by atoms with Crippen LogP contribution in [0.25, 0.3) is 11.3 Å². The van der Waals surface area contributed by atoms with Gasteiger partial charge in [0.25, 0.3) is 21.8 Å². The second kappa shape index (κ2) is 12.9. The minimum Gasteiger partial charge on any atom is -0.475 e. The van der Waals surface area contributed by atoms with Crippen molar-refractivity contribution in [2.24, 2.45) is 5.41 Å². The lowest BCUT2D eigenvalue weighted by Gasteiger charge is -2.35. The standard InChI is InChI=1S/C34H38N6O5S/c1-21-9-7-10-22(2)30(21)28-16-29-38-33(37-28)39-46(43,44)27-12-8-11-23(15-27)32(42)40(26(20-45-29)17-34(3,4)5)19-25-14-13-24(18-36-25)31(41)35-6/h7-16,18,26H,17,19-20H2,1-6H3,(H,35,41)(H,37,38,39)/t26-/m1/s1. The highest BCUT2D eigenvalue weighted by molar-refractivity contribution is 7.92. The highest BCUT2D eigenvalue weighted by Crippen LogP contribution is 2.31. The van der Waals surface area contributed by atoms with Gasteiger partial charge in [-0.3, -0.25) is 14.6 Å². The monoisotopic (exact) mass is 642 g/mol. The number of pyridine rings is 1. The number of amides is 2. The molecular formula is C34H38N6O5S. The number of nitrogens with one attached hydrogen (secondary N) is 2. The molecule has 1 aliphatic heterocycles. The Morgan fingerprint density at radius 3 is 2.41 bits per heavy atom. The molecule has 240 valence electrons. The van der Waals surface area contributed by atoms with Gasteiger partial charge in [-0.25, -0.2) is 18.1 Å². The second-order valence-electron chi connectivity index (χ2n) is 12.6. The van der Waals surface area contributed by atoms with E-state index in [9.17, 15) is 18.0 Å². The first-order valence-electron chi connectivity index (χ1n) is 14.9. The van der Waals surface area contributed by atoms with E-state index in [2.05, 4.69) is 45.8 Å². The summed E-state index contributed by atoms with van der Waals surface area (Å²) < 4.78 is 36.0. The van der Waals surface area contributed by atoms with Crippen LogP contribution < -0.4 is 14.8 Å². The molecule has 0 fully saturated rings. The highest BCUT2D eigenvalue weighted by Gasteiger charge is 2.32. The van der Waals surface area contributed by atoms with Crippen molar-refractivity contribution in [1.29, 1.82) is 0 Å². The molecule has 5 rings (SSSR count). The number of benzene rings is 2. The first-order valence-corrected chi connectivity index (χ1v) is 16.4. The minimum absolute atomic E-state index is 0.0639. The fraction of sp³-hybridized carbons (Fsp3) is 0.324. The van der Waals surface area contributed by atoms with E-state index in [0.29, 0.717) is 23.4 Å². The van der Waals surface area contributed by atoms with Crippen molar-refractivity contribution in [3.8, 4) is 17.1 Å². The van der Waals surface area contributed by atoms with Crippen LogP contribution in [0.1, 0.15) is 64.7 Å². The van der Waals surface area contributed by atoms with Gasteiger partial charge in [0.15, 0.2) is 0 Å². The van der Waals surface area contributed by atoms with E-state index in [1.54, 1.807) is 36.2 Å². The van der Waals surface area contributed by atoms with E-state index in [-0.39, 0.29) is 52.7 Å². The molecule has 0 saturated carbocycles. The third kappa shape index (κ3) is 7.34. The number of fused-ring (bicyclic) bond motifs is 4. The van der Waals surface area contributed by atoms with Crippen LogP contribution in [0.4, 0.5) is 5.95 Å². The number of rotatable bonds is 5. The van der Waals surface area contributed by atoms with Crippen LogP contribution in [0.15, 0.2) is 71.8 Å². The Morgan fingerprint density at radius 2 is 1.76 bits per heavy atom. The molecule has 3 heterocycles. The fourth-order valence-electron chi connectivity index (χ4n) is 5.52. The highest BCUT2D eigenvalue weighted by atomic mass is 32.2. The Bertz CT molecular complexity index is 1870. The Labute approximate surface area is 269 Å². The number of ether oxygens (including phenoxy) is 1. The number of sulfonamides is 1. The molecule has 2 aromatic heterocycles.